The third-order valence-electron chi connectivity index (χ3n) is 3.00. The number of benzene rings is 1. The quantitative estimate of drug-likeness (QED) is 0.833. The highest BCUT2D eigenvalue weighted by atomic mass is 16.5. The molecule has 0 heterocycles. The molecule has 1 rings (SSSR count). The molecule has 0 spiro atoms. The Kier molecular flexibility index (Phi) is 6.14. The van der Waals surface area contributed by atoms with Gasteiger partial charge in [-0.25, -0.2) is 0 Å². The summed E-state index contributed by atoms with van der Waals surface area (Å²) in [5.74, 6) is 2.10. The molecule has 114 valence electrons. The molecule has 1 aromatic rings. The molecule has 0 aliphatic carbocycles. The van der Waals surface area contributed by atoms with E-state index >= 15 is 0 Å². The van der Waals surface area contributed by atoms with Crippen LogP contribution in [0.2, 0.25) is 0 Å². The van der Waals surface area contributed by atoms with Gasteiger partial charge in [0.2, 0.25) is 5.75 Å². The molecule has 0 saturated carbocycles. The number of nitrogens with one attached hydrogen (secondary N) is 1. The summed E-state index contributed by atoms with van der Waals surface area (Å²) in [5.41, 5.74) is 1.34. The van der Waals surface area contributed by atoms with Gasteiger partial charge in [0.15, 0.2) is 11.5 Å². The van der Waals surface area contributed by atoms with Crippen molar-refractivity contribution in [2.24, 2.45) is 5.41 Å². The largest absolute Gasteiger partial charge is 0.493 e. The Hall–Kier alpha value is -1.42. The number of hydrogen-bond acceptors (Lipinski definition) is 4. The summed E-state index contributed by atoms with van der Waals surface area (Å²) in [6, 6.07) is 3.96. The molecule has 1 N–H and O–H groups in total. The van der Waals surface area contributed by atoms with E-state index in [1.54, 1.807) is 14.2 Å². The lowest BCUT2D eigenvalue weighted by Crippen LogP contribution is -2.12. The van der Waals surface area contributed by atoms with Crippen LogP contribution < -0.4 is 19.5 Å². The minimum atomic E-state index is 0.243. The van der Waals surface area contributed by atoms with Gasteiger partial charge in [0.05, 0.1) is 20.8 Å². The molecule has 0 unspecified atom stereocenters. The van der Waals surface area contributed by atoms with Gasteiger partial charge in [0.25, 0.3) is 0 Å². The first-order valence-electron chi connectivity index (χ1n) is 6.93. The fourth-order valence-corrected chi connectivity index (χ4v) is 1.84. The Morgan fingerprint density at radius 3 is 2.00 bits per heavy atom. The Bertz CT molecular complexity index is 399. The normalized spacial score (nSPS) is 11.3. The fourth-order valence-electron chi connectivity index (χ4n) is 1.84. The molecule has 0 aliphatic heterocycles. The third kappa shape index (κ3) is 4.93. The van der Waals surface area contributed by atoms with Crippen LogP contribution in [-0.2, 0) is 6.54 Å². The molecular weight excluding hydrogens is 254 g/mol. The van der Waals surface area contributed by atoms with E-state index in [4.69, 9.17) is 14.2 Å². The summed E-state index contributed by atoms with van der Waals surface area (Å²) in [5, 5.41) is 3.12. The highest BCUT2D eigenvalue weighted by Gasteiger charge is 2.16. The molecule has 0 aromatic heterocycles. The van der Waals surface area contributed by atoms with Crippen LogP contribution in [0.25, 0.3) is 0 Å². The van der Waals surface area contributed by atoms with Crippen LogP contribution >= 0.6 is 0 Å². The Balaban J connectivity index is 2.92. The van der Waals surface area contributed by atoms with Gasteiger partial charge in [-0.2, -0.15) is 0 Å². The molecule has 1 aromatic carbocycles. The van der Waals surface area contributed by atoms with Crippen LogP contribution in [0.1, 0.15) is 32.8 Å². The molecule has 0 radical (unpaired) electrons. The van der Waals surface area contributed by atoms with Gasteiger partial charge in [-0.1, -0.05) is 20.8 Å². The topological polar surface area (TPSA) is 39.7 Å². The zero-order valence-electron chi connectivity index (χ0n) is 13.5. The van der Waals surface area contributed by atoms with E-state index in [-0.39, 0.29) is 5.41 Å². The molecule has 4 nitrogen and oxygen atoms in total. The van der Waals surface area contributed by atoms with Crippen molar-refractivity contribution in [3.8, 4) is 17.2 Å². The lowest BCUT2D eigenvalue weighted by molar-refractivity contribution is 0.225. The van der Waals surface area contributed by atoms with E-state index in [1.807, 2.05) is 19.2 Å². The molecule has 0 aliphatic rings. The minimum Gasteiger partial charge on any atom is -0.493 e. The van der Waals surface area contributed by atoms with Gasteiger partial charge >= 0.3 is 0 Å². The zero-order chi connectivity index (χ0) is 15.2. The van der Waals surface area contributed by atoms with Crippen molar-refractivity contribution >= 4 is 0 Å². The van der Waals surface area contributed by atoms with Crippen molar-refractivity contribution in [3.05, 3.63) is 17.7 Å². The van der Waals surface area contributed by atoms with Crippen LogP contribution in [0.4, 0.5) is 0 Å². The smallest absolute Gasteiger partial charge is 0.203 e. The van der Waals surface area contributed by atoms with E-state index in [0.29, 0.717) is 23.9 Å². The predicted molar refractivity (Wildman–Crippen MR) is 81.9 cm³/mol. The van der Waals surface area contributed by atoms with Crippen molar-refractivity contribution in [1.82, 2.24) is 5.32 Å². The molecule has 0 atom stereocenters. The predicted octanol–water partition coefficient (Wildman–Crippen LogP) is 3.24. The second kappa shape index (κ2) is 7.39. The van der Waals surface area contributed by atoms with E-state index < -0.39 is 0 Å². The summed E-state index contributed by atoms with van der Waals surface area (Å²) in [7, 11) is 5.20. The maximum Gasteiger partial charge on any atom is 0.203 e. The second-order valence-corrected chi connectivity index (χ2v) is 6.02. The molecule has 0 saturated heterocycles. The van der Waals surface area contributed by atoms with Crippen molar-refractivity contribution in [3.63, 3.8) is 0 Å². The highest BCUT2D eigenvalue weighted by Crippen LogP contribution is 2.39. The van der Waals surface area contributed by atoms with Crippen LogP contribution in [-0.4, -0.2) is 27.9 Å². The molecule has 0 amide bonds. The van der Waals surface area contributed by atoms with Crippen LogP contribution in [0.5, 0.6) is 17.2 Å². The maximum atomic E-state index is 5.89. The lowest BCUT2D eigenvalue weighted by atomic mass is 9.93. The monoisotopic (exact) mass is 281 g/mol. The van der Waals surface area contributed by atoms with Crippen molar-refractivity contribution < 1.29 is 14.2 Å². The van der Waals surface area contributed by atoms with E-state index in [1.165, 1.54) is 0 Å². The first-order valence-corrected chi connectivity index (χ1v) is 6.93. The SMILES string of the molecule is CNCc1cc(OC)c(OCCC(C)(C)C)c(OC)c1. The van der Waals surface area contributed by atoms with Gasteiger partial charge in [-0.3, -0.25) is 0 Å². The van der Waals surface area contributed by atoms with Crippen molar-refractivity contribution in [1.29, 1.82) is 0 Å². The van der Waals surface area contributed by atoms with Gasteiger partial charge in [-0.05, 0) is 36.6 Å². The van der Waals surface area contributed by atoms with Crippen molar-refractivity contribution in [2.45, 2.75) is 33.7 Å². The summed E-state index contributed by atoms with van der Waals surface area (Å²) in [4.78, 5) is 0. The molecule has 0 bridgehead atoms. The summed E-state index contributed by atoms with van der Waals surface area (Å²) in [6.45, 7) is 7.99. The van der Waals surface area contributed by atoms with Gasteiger partial charge in [-0.15, -0.1) is 0 Å². The van der Waals surface area contributed by atoms with Crippen molar-refractivity contribution in [2.75, 3.05) is 27.9 Å². The van der Waals surface area contributed by atoms with E-state index in [9.17, 15) is 0 Å². The van der Waals surface area contributed by atoms with Crippen LogP contribution in [0.3, 0.4) is 0 Å². The number of methoxy groups -OCH3 is 2. The lowest BCUT2D eigenvalue weighted by Gasteiger charge is -2.20. The fraction of sp³-hybridized carbons (Fsp3) is 0.625. The molecule has 20 heavy (non-hydrogen) atoms. The number of hydrogen-bond donors (Lipinski definition) is 1. The zero-order valence-corrected chi connectivity index (χ0v) is 13.5. The van der Waals surface area contributed by atoms with Gasteiger partial charge in [0, 0.05) is 6.54 Å². The summed E-state index contributed by atoms with van der Waals surface area (Å²) < 4.78 is 16.7. The molecular formula is C16H27NO3. The summed E-state index contributed by atoms with van der Waals surface area (Å²) >= 11 is 0. The standard InChI is InChI=1S/C16H27NO3/c1-16(2,3)7-8-20-15-13(18-5)9-12(11-17-4)10-14(15)19-6/h9-10,17H,7-8,11H2,1-6H3. The average molecular weight is 281 g/mol. The Morgan fingerprint density at radius 2 is 1.60 bits per heavy atom. The number of rotatable bonds is 7. The van der Waals surface area contributed by atoms with E-state index in [0.717, 1.165) is 18.5 Å². The molecule has 0 fully saturated rings. The van der Waals surface area contributed by atoms with Gasteiger partial charge < -0.3 is 19.5 Å². The third-order valence-corrected chi connectivity index (χ3v) is 3.00. The van der Waals surface area contributed by atoms with Crippen LogP contribution in [0.15, 0.2) is 12.1 Å². The Labute approximate surface area is 122 Å². The average Bonchev–Trinajstić information content (AvgIpc) is 2.38. The van der Waals surface area contributed by atoms with Gasteiger partial charge in [0.1, 0.15) is 0 Å². The van der Waals surface area contributed by atoms with E-state index in [2.05, 4.69) is 26.1 Å². The first kappa shape index (κ1) is 16.6. The second-order valence-electron chi connectivity index (χ2n) is 6.02. The molecule has 4 heteroatoms. The summed E-state index contributed by atoms with van der Waals surface area (Å²) in [6.07, 6.45) is 0.970. The Morgan fingerprint density at radius 1 is 1.05 bits per heavy atom. The number of ether oxygens (including phenoxy) is 3. The minimum absolute atomic E-state index is 0.243. The first-order chi connectivity index (χ1) is 9.41. The van der Waals surface area contributed by atoms with Crippen LogP contribution in [0, 0.1) is 5.41 Å². The highest BCUT2D eigenvalue weighted by molar-refractivity contribution is 5.53. The maximum absolute atomic E-state index is 5.89.